The Morgan fingerprint density at radius 2 is 2.04 bits per heavy atom. The lowest BCUT2D eigenvalue weighted by Crippen LogP contribution is -2.40. The second-order valence-corrected chi connectivity index (χ2v) is 7.71. The van der Waals surface area contributed by atoms with Crippen molar-refractivity contribution in [1.29, 1.82) is 0 Å². The highest BCUT2D eigenvalue weighted by Crippen LogP contribution is 2.23. The molecule has 2 saturated heterocycles. The molecular formula is C21H28F2N2O2. The molecule has 0 radical (unpaired) electrons. The lowest BCUT2D eigenvalue weighted by molar-refractivity contribution is -0.134. The van der Waals surface area contributed by atoms with E-state index in [0.717, 1.165) is 44.8 Å². The molecule has 0 N–H and O–H groups in total. The first-order chi connectivity index (χ1) is 13.0. The van der Waals surface area contributed by atoms with Crippen molar-refractivity contribution in [1.82, 2.24) is 9.80 Å². The first-order valence-electron chi connectivity index (χ1n) is 10.0. The SMILES string of the molecule is O=C1CCCN1CCCC(=O)N1CCC[C@@H](CCc2ccc(F)cc2F)C1. The van der Waals surface area contributed by atoms with Crippen LogP contribution in [-0.2, 0) is 16.0 Å². The summed E-state index contributed by atoms with van der Waals surface area (Å²) in [4.78, 5) is 27.9. The Bertz CT molecular complexity index is 680. The van der Waals surface area contributed by atoms with Crippen molar-refractivity contribution in [2.24, 2.45) is 5.92 Å². The van der Waals surface area contributed by atoms with Gasteiger partial charge in [0.2, 0.25) is 11.8 Å². The van der Waals surface area contributed by atoms with Gasteiger partial charge in [-0.05, 0) is 56.1 Å². The third-order valence-corrected chi connectivity index (χ3v) is 5.70. The van der Waals surface area contributed by atoms with Crippen molar-refractivity contribution in [2.45, 2.75) is 51.4 Å². The van der Waals surface area contributed by atoms with E-state index >= 15 is 0 Å². The predicted octanol–water partition coefficient (Wildman–Crippen LogP) is 3.54. The predicted molar refractivity (Wildman–Crippen MR) is 99.0 cm³/mol. The van der Waals surface area contributed by atoms with Gasteiger partial charge in [-0.3, -0.25) is 9.59 Å². The minimum Gasteiger partial charge on any atom is -0.343 e. The smallest absolute Gasteiger partial charge is 0.222 e. The van der Waals surface area contributed by atoms with Gasteiger partial charge in [0.05, 0.1) is 0 Å². The average molecular weight is 378 g/mol. The van der Waals surface area contributed by atoms with E-state index in [-0.39, 0.29) is 11.8 Å². The number of carbonyl (C=O) groups is 2. The lowest BCUT2D eigenvalue weighted by Gasteiger charge is -2.33. The summed E-state index contributed by atoms with van der Waals surface area (Å²) in [5.74, 6) is -0.336. The molecule has 2 aliphatic heterocycles. The fourth-order valence-electron chi connectivity index (χ4n) is 4.13. The fraction of sp³-hybridized carbons (Fsp3) is 0.619. The molecule has 2 aliphatic rings. The molecule has 2 heterocycles. The van der Waals surface area contributed by atoms with Gasteiger partial charge in [0.1, 0.15) is 11.6 Å². The third-order valence-electron chi connectivity index (χ3n) is 5.70. The topological polar surface area (TPSA) is 40.6 Å². The van der Waals surface area contributed by atoms with Gasteiger partial charge in [0.15, 0.2) is 0 Å². The van der Waals surface area contributed by atoms with Crippen molar-refractivity contribution >= 4 is 11.8 Å². The van der Waals surface area contributed by atoms with Crippen molar-refractivity contribution in [3.8, 4) is 0 Å². The normalized spacial score (nSPS) is 20.4. The quantitative estimate of drug-likeness (QED) is 0.728. The van der Waals surface area contributed by atoms with Gasteiger partial charge in [0, 0.05) is 45.1 Å². The summed E-state index contributed by atoms with van der Waals surface area (Å²) in [5, 5.41) is 0. The van der Waals surface area contributed by atoms with Crippen molar-refractivity contribution in [2.75, 3.05) is 26.2 Å². The number of likely N-dealkylation sites (tertiary alicyclic amines) is 2. The first-order valence-corrected chi connectivity index (χ1v) is 10.0. The van der Waals surface area contributed by atoms with Crippen molar-refractivity contribution in [3.05, 3.63) is 35.4 Å². The zero-order chi connectivity index (χ0) is 19.2. The molecular weight excluding hydrogens is 350 g/mol. The molecule has 27 heavy (non-hydrogen) atoms. The van der Waals surface area contributed by atoms with Gasteiger partial charge in [-0.1, -0.05) is 6.07 Å². The van der Waals surface area contributed by atoms with E-state index in [1.54, 1.807) is 0 Å². The second kappa shape index (κ2) is 9.29. The van der Waals surface area contributed by atoms with E-state index in [4.69, 9.17) is 0 Å². The maximum Gasteiger partial charge on any atom is 0.222 e. The molecule has 1 aromatic carbocycles. The lowest BCUT2D eigenvalue weighted by atomic mass is 9.91. The number of hydrogen-bond acceptors (Lipinski definition) is 2. The number of hydrogen-bond donors (Lipinski definition) is 0. The number of rotatable bonds is 7. The molecule has 6 heteroatoms. The van der Waals surface area contributed by atoms with Crippen molar-refractivity contribution < 1.29 is 18.4 Å². The molecule has 0 bridgehead atoms. The number of benzene rings is 1. The molecule has 1 atom stereocenters. The van der Waals surface area contributed by atoms with Crippen LogP contribution in [0.5, 0.6) is 0 Å². The summed E-state index contributed by atoms with van der Waals surface area (Å²) in [6.07, 6.45) is 6.12. The molecule has 0 spiro atoms. The number of amides is 2. The number of carbonyl (C=O) groups excluding carboxylic acids is 2. The highest BCUT2D eigenvalue weighted by atomic mass is 19.1. The van der Waals surface area contributed by atoms with Crippen LogP contribution >= 0.6 is 0 Å². The standard InChI is InChI=1S/C21H28F2N2O2/c22-18-10-9-17(19(23)14-18)8-7-16-4-1-13-25(15-16)21(27)6-3-12-24-11-2-5-20(24)26/h9-10,14,16H,1-8,11-13,15H2/t16-/m0/s1. The molecule has 148 valence electrons. The van der Waals surface area contributed by atoms with Crippen LogP contribution in [0, 0.1) is 17.6 Å². The van der Waals surface area contributed by atoms with Crippen molar-refractivity contribution in [3.63, 3.8) is 0 Å². The van der Waals surface area contributed by atoms with Crippen LogP contribution in [0.25, 0.3) is 0 Å². The molecule has 4 nitrogen and oxygen atoms in total. The summed E-state index contributed by atoms with van der Waals surface area (Å²) in [6, 6.07) is 3.73. The van der Waals surface area contributed by atoms with Crippen LogP contribution in [0.15, 0.2) is 18.2 Å². The molecule has 0 aliphatic carbocycles. The fourth-order valence-corrected chi connectivity index (χ4v) is 4.13. The zero-order valence-electron chi connectivity index (χ0n) is 15.8. The molecule has 3 rings (SSSR count). The third kappa shape index (κ3) is 5.50. The van der Waals surface area contributed by atoms with Gasteiger partial charge in [0.25, 0.3) is 0 Å². The molecule has 2 fully saturated rings. The van der Waals surface area contributed by atoms with Gasteiger partial charge in [-0.15, -0.1) is 0 Å². The van der Waals surface area contributed by atoms with E-state index in [9.17, 15) is 18.4 Å². The van der Waals surface area contributed by atoms with E-state index in [1.807, 2.05) is 9.80 Å². The summed E-state index contributed by atoms with van der Waals surface area (Å²) < 4.78 is 26.8. The minimum atomic E-state index is -0.554. The maximum absolute atomic E-state index is 13.8. The molecule has 2 amide bonds. The van der Waals surface area contributed by atoms with Crippen LogP contribution in [0.4, 0.5) is 8.78 Å². The van der Waals surface area contributed by atoms with Gasteiger partial charge < -0.3 is 9.80 Å². The highest BCUT2D eigenvalue weighted by molar-refractivity contribution is 5.78. The Balaban J connectivity index is 1.41. The summed E-state index contributed by atoms with van der Waals surface area (Å²) in [6.45, 7) is 2.98. The Morgan fingerprint density at radius 1 is 1.19 bits per heavy atom. The molecule has 0 unspecified atom stereocenters. The largest absolute Gasteiger partial charge is 0.343 e. The maximum atomic E-state index is 13.8. The Kier molecular flexibility index (Phi) is 6.80. The van der Waals surface area contributed by atoms with Crippen LogP contribution in [0.2, 0.25) is 0 Å². The van der Waals surface area contributed by atoms with Crippen LogP contribution < -0.4 is 0 Å². The number of aryl methyl sites for hydroxylation is 1. The Labute approximate surface area is 159 Å². The Morgan fingerprint density at radius 3 is 2.78 bits per heavy atom. The van der Waals surface area contributed by atoms with E-state index < -0.39 is 11.6 Å². The summed E-state index contributed by atoms with van der Waals surface area (Å²) in [7, 11) is 0. The monoisotopic (exact) mass is 378 g/mol. The summed E-state index contributed by atoms with van der Waals surface area (Å²) in [5.41, 5.74) is 0.537. The number of nitrogens with zero attached hydrogens (tertiary/aromatic N) is 2. The molecule has 1 aromatic rings. The Hall–Kier alpha value is -1.98. The van der Waals surface area contributed by atoms with E-state index in [1.165, 1.54) is 12.1 Å². The van der Waals surface area contributed by atoms with Gasteiger partial charge >= 0.3 is 0 Å². The van der Waals surface area contributed by atoms with Crippen LogP contribution in [0.3, 0.4) is 0 Å². The van der Waals surface area contributed by atoms with Gasteiger partial charge in [-0.2, -0.15) is 0 Å². The number of halogens is 2. The van der Waals surface area contributed by atoms with Gasteiger partial charge in [-0.25, -0.2) is 8.78 Å². The first kappa shape index (κ1) is 19.8. The van der Waals surface area contributed by atoms with E-state index in [2.05, 4.69) is 0 Å². The minimum absolute atomic E-state index is 0.152. The summed E-state index contributed by atoms with van der Waals surface area (Å²) >= 11 is 0. The van der Waals surface area contributed by atoms with Crippen LogP contribution in [0.1, 0.15) is 50.5 Å². The van der Waals surface area contributed by atoms with Crippen LogP contribution in [-0.4, -0.2) is 47.8 Å². The van der Waals surface area contributed by atoms with E-state index in [0.29, 0.717) is 50.3 Å². The number of piperidine rings is 1. The highest BCUT2D eigenvalue weighted by Gasteiger charge is 2.24. The average Bonchev–Trinajstić information content (AvgIpc) is 3.06. The molecule has 0 aromatic heterocycles. The molecule has 0 saturated carbocycles. The zero-order valence-corrected chi connectivity index (χ0v) is 15.8. The second-order valence-electron chi connectivity index (χ2n) is 7.71.